The molecule has 2 amide bonds. The van der Waals surface area contributed by atoms with Crippen molar-refractivity contribution in [3.63, 3.8) is 0 Å². The number of rotatable bonds is 8. The van der Waals surface area contributed by atoms with Gasteiger partial charge in [0.1, 0.15) is 40.7 Å². The van der Waals surface area contributed by atoms with Crippen LogP contribution in [0.15, 0.2) is 42.5 Å². The van der Waals surface area contributed by atoms with Crippen molar-refractivity contribution < 1.29 is 36.3 Å². The van der Waals surface area contributed by atoms with Gasteiger partial charge in [-0.15, -0.1) is 11.3 Å². The summed E-state index contributed by atoms with van der Waals surface area (Å²) < 4.78 is 78.3. The molecule has 43 heavy (non-hydrogen) atoms. The van der Waals surface area contributed by atoms with Crippen LogP contribution in [0.4, 0.5) is 22.0 Å². The number of thiazole rings is 1. The SMILES string of the molecule is CC[C@]1(C(N)=O)COc2c1cc([C@@H](CNC(=O)c1cc(F)c3nc(C4CC4)sc3c1)C(F)(F)F)nc2-c1ccc(F)cc1. The highest BCUT2D eigenvalue weighted by molar-refractivity contribution is 7.18. The van der Waals surface area contributed by atoms with Crippen LogP contribution in [0.3, 0.4) is 0 Å². The summed E-state index contributed by atoms with van der Waals surface area (Å²) in [5.41, 5.74) is 4.17. The second-order valence-electron chi connectivity index (χ2n) is 10.8. The van der Waals surface area contributed by atoms with Gasteiger partial charge in [0.05, 0.1) is 15.4 Å². The van der Waals surface area contributed by atoms with Crippen molar-refractivity contribution in [2.45, 2.75) is 49.6 Å². The van der Waals surface area contributed by atoms with Crippen LogP contribution >= 0.6 is 11.3 Å². The first-order valence-corrected chi connectivity index (χ1v) is 14.4. The number of nitrogens with one attached hydrogen (secondary N) is 1. The lowest BCUT2D eigenvalue weighted by atomic mass is 9.78. The van der Waals surface area contributed by atoms with Gasteiger partial charge < -0.3 is 15.8 Å². The van der Waals surface area contributed by atoms with E-state index in [0.29, 0.717) is 4.70 Å². The van der Waals surface area contributed by atoms with Crippen LogP contribution in [-0.4, -0.2) is 41.1 Å². The number of ether oxygens (including phenoxy) is 1. The Hall–Kier alpha value is -4.13. The van der Waals surface area contributed by atoms with Gasteiger partial charge in [-0.3, -0.25) is 9.59 Å². The molecule has 0 bridgehead atoms. The van der Waals surface area contributed by atoms with E-state index in [1.165, 1.54) is 29.5 Å². The van der Waals surface area contributed by atoms with Gasteiger partial charge >= 0.3 is 6.18 Å². The molecule has 0 unspecified atom stereocenters. The Morgan fingerprint density at radius 2 is 1.86 bits per heavy atom. The van der Waals surface area contributed by atoms with Crippen LogP contribution in [0, 0.1) is 11.6 Å². The maximum Gasteiger partial charge on any atom is 0.398 e. The second-order valence-corrected chi connectivity index (χ2v) is 11.9. The molecule has 0 saturated heterocycles. The molecule has 4 aromatic rings. The van der Waals surface area contributed by atoms with Gasteiger partial charge in [0, 0.05) is 29.2 Å². The first kappa shape index (κ1) is 29.0. The summed E-state index contributed by atoms with van der Waals surface area (Å²) in [5.74, 6) is -4.94. The number of nitrogens with zero attached hydrogens (tertiary/aromatic N) is 2. The molecule has 13 heteroatoms. The zero-order valence-corrected chi connectivity index (χ0v) is 23.5. The third-order valence-electron chi connectivity index (χ3n) is 8.04. The molecule has 1 fully saturated rings. The van der Waals surface area contributed by atoms with E-state index in [2.05, 4.69) is 15.3 Å². The van der Waals surface area contributed by atoms with E-state index in [4.69, 9.17) is 10.5 Å². The van der Waals surface area contributed by atoms with Crippen molar-refractivity contribution in [1.29, 1.82) is 0 Å². The normalized spacial score (nSPS) is 18.7. The maximum absolute atomic E-state index is 14.8. The summed E-state index contributed by atoms with van der Waals surface area (Å²) in [6.07, 6.45) is -2.83. The Kier molecular flexibility index (Phi) is 7.10. The molecule has 2 aromatic heterocycles. The molecule has 2 atom stereocenters. The molecule has 3 heterocycles. The van der Waals surface area contributed by atoms with Crippen molar-refractivity contribution in [1.82, 2.24) is 15.3 Å². The third kappa shape index (κ3) is 5.19. The number of aromatic nitrogens is 2. The lowest BCUT2D eigenvalue weighted by Gasteiger charge is -2.25. The van der Waals surface area contributed by atoms with Crippen molar-refractivity contribution in [3.8, 4) is 17.0 Å². The molecule has 7 nitrogen and oxygen atoms in total. The number of hydrogen-bond donors (Lipinski definition) is 2. The highest BCUT2D eigenvalue weighted by Crippen LogP contribution is 2.48. The van der Waals surface area contributed by atoms with E-state index in [1.54, 1.807) is 6.92 Å². The van der Waals surface area contributed by atoms with Crippen molar-refractivity contribution in [3.05, 3.63) is 75.9 Å². The number of fused-ring (bicyclic) bond motifs is 2. The monoisotopic (exact) mass is 616 g/mol. The van der Waals surface area contributed by atoms with E-state index in [9.17, 15) is 31.5 Å². The maximum atomic E-state index is 14.8. The number of alkyl halides is 3. The van der Waals surface area contributed by atoms with Crippen LogP contribution < -0.4 is 15.8 Å². The number of halogens is 5. The van der Waals surface area contributed by atoms with Gasteiger partial charge in [0.25, 0.3) is 5.91 Å². The smallest absolute Gasteiger partial charge is 0.398 e. The number of nitrogens with two attached hydrogens (primary N) is 1. The molecule has 1 aliphatic carbocycles. The van der Waals surface area contributed by atoms with Crippen LogP contribution in [0.2, 0.25) is 0 Å². The van der Waals surface area contributed by atoms with Gasteiger partial charge in [0.2, 0.25) is 5.91 Å². The molecule has 6 rings (SSSR count). The van der Waals surface area contributed by atoms with Gasteiger partial charge in [-0.05, 0) is 61.7 Å². The average molecular weight is 617 g/mol. The Balaban J connectivity index is 1.37. The molecule has 224 valence electrons. The van der Waals surface area contributed by atoms with Gasteiger partial charge in [-0.25, -0.2) is 18.7 Å². The Morgan fingerprint density at radius 3 is 2.49 bits per heavy atom. The van der Waals surface area contributed by atoms with E-state index in [0.717, 1.165) is 42.1 Å². The predicted molar refractivity (Wildman–Crippen MR) is 149 cm³/mol. The minimum atomic E-state index is -4.89. The molecule has 1 saturated carbocycles. The quantitative estimate of drug-likeness (QED) is 0.232. The standard InChI is InChI=1S/C30H25F5N4O3S/c1-2-29(28(36)41)13-42-25-18(29)11-21(38-23(25)14-5-7-17(31)8-6-14)19(30(33,34)35)12-37-26(40)16-9-20(32)24-22(10-16)43-27(39-24)15-3-4-15/h5-11,15,19H,2-4,12-13H2,1H3,(H2,36,41)(H,37,40)/t19-,29+/m1/s1. The van der Waals surface area contributed by atoms with Crippen LogP contribution in [0.5, 0.6) is 5.75 Å². The van der Waals surface area contributed by atoms with E-state index < -0.39 is 53.2 Å². The number of benzene rings is 2. The molecular formula is C30H25F5N4O3S. The number of carbonyl (C=O) groups excluding carboxylic acids is 2. The zero-order chi connectivity index (χ0) is 30.7. The lowest BCUT2D eigenvalue weighted by molar-refractivity contribution is -0.149. The van der Waals surface area contributed by atoms with E-state index in [-0.39, 0.29) is 52.6 Å². The fourth-order valence-corrected chi connectivity index (χ4v) is 6.50. The van der Waals surface area contributed by atoms with Crippen molar-refractivity contribution in [2.75, 3.05) is 13.2 Å². The molecular weight excluding hydrogens is 591 g/mol. The minimum Gasteiger partial charge on any atom is -0.489 e. The molecule has 2 aromatic carbocycles. The molecule has 0 radical (unpaired) electrons. The summed E-state index contributed by atoms with van der Waals surface area (Å²) in [7, 11) is 0. The number of primary amides is 1. The van der Waals surface area contributed by atoms with Gasteiger partial charge in [-0.2, -0.15) is 13.2 Å². The first-order valence-electron chi connectivity index (χ1n) is 13.6. The fourth-order valence-electron chi connectivity index (χ4n) is 5.31. The summed E-state index contributed by atoms with van der Waals surface area (Å²) >= 11 is 1.26. The molecule has 2 aliphatic rings. The van der Waals surface area contributed by atoms with Crippen LogP contribution in [0.1, 0.15) is 64.6 Å². The first-order chi connectivity index (χ1) is 20.4. The Morgan fingerprint density at radius 1 is 1.14 bits per heavy atom. The summed E-state index contributed by atoms with van der Waals surface area (Å²) in [6.45, 7) is 0.535. The molecule has 0 spiro atoms. The number of pyridine rings is 1. The van der Waals surface area contributed by atoms with E-state index >= 15 is 0 Å². The number of carbonyl (C=O) groups is 2. The highest BCUT2D eigenvalue weighted by atomic mass is 32.1. The van der Waals surface area contributed by atoms with Crippen LogP contribution in [0.25, 0.3) is 21.5 Å². The van der Waals surface area contributed by atoms with E-state index in [1.807, 2.05) is 0 Å². The molecule has 3 N–H and O–H groups in total. The van der Waals surface area contributed by atoms with Crippen molar-refractivity contribution >= 4 is 33.4 Å². The average Bonchev–Trinajstić information content (AvgIpc) is 3.60. The molecule has 1 aliphatic heterocycles. The van der Waals surface area contributed by atoms with Crippen molar-refractivity contribution in [2.24, 2.45) is 5.73 Å². The predicted octanol–water partition coefficient (Wildman–Crippen LogP) is 6.12. The largest absolute Gasteiger partial charge is 0.489 e. The fraction of sp³-hybridized carbons (Fsp3) is 0.333. The minimum absolute atomic E-state index is 0.0196. The van der Waals surface area contributed by atoms with Gasteiger partial charge in [0.15, 0.2) is 5.82 Å². The Labute approximate surface area is 246 Å². The third-order valence-corrected chi connectivity index (χ3v) is 9.20. The topological polar surface area (TPSA) is 107 Å². The number of hydrogen-bond acceptors (Lipinski definition) is 6. The summed E-state index contributed by atoms with van der Waals surface area (Å²) in [4.78, 5) is 34.2. The highest BCUT2D eigenvalue weighted by Gasteiger charge is 2.49. The summed E-state index contributed by atoms with van der Waals surface area (Å²) in [5, 5.41) is 3.05. The lowest BCUT2D eigenvalue weighted by Crippen LogP contribution is -2.42. The van der Waals surface area contributed by atoms with Gasteiger partial charge in [-0.1, -0.05) is 6.92 Å². The Bertz CT molecular complexity index is 1750. The zero-order valence-electron chi connectivity index (χ0n) is 22.7. The summed E-state index contributed by atoms with van der Waals surface area (Å²) in [6, 6.07) is 8.43. The van der Waals surface area contributed by atoms with Crippen LogP contribution in [-0.2, 0) is 10.2 Å². The second kappa shape index (κ2) is 10.5. The number of amides is 2.